The van der Waals surface area contributed by atoms with Gasteiger partial charge in [0.1, 0.15) is 5.75 Å². The number of thiazole rings is 1. The third-order valence-electron chi connectivity index (χ3n) is 6.40. The number of likely N-dealkylation sites (tertiary alicyclic amines) is 1. The van der Waals surface area contributed by atoms with Gasteiger partial charge in [0, 0.05) is 30.5 Å². The SMILES string of the molecule is COc1ccccc1/C=C/CN1CCC2(CC1)C[C@@H]2C(=O)N(C)Cc1cscn1. The number of hydrogen-bond donors (Lipinski definition) is 0. The lowest BCUT2D eigenvalue weighted by Gasteiger charge is -2.32. The number of carbonyl (C=O) groups is 1. The molecule has 1 aromatic heterocycles. The van der Waals surface area contributed by atoms with Crippen LogP contribution < -0.4 is 4.74 Å². The van der Waals surface area contributed by atoms with Gasteiger partial charge in [0.15, 0.2) is 0 Å². The summed E-state index contributed by atoms with van der Waals surface area (Å²) in [5.74, 6) is 1.40. The van der Waals surface area contributed by atoms with E-state index in [4.69, 9.17) is 4.74 Å². The Hall–Kier alpha value is -2.18. The van der Waals surface area contributed by atoms with Gasteiger partial charge in [-0.2, -0.15) is 0 Å². The Balaban J connectivity index is 1.24. The maximum atomic E-state index is 12.8. The molecule has 1 aliphatic heterocycles. The van der Waals surface area contributed by atoms with Crippen LogP contribution in [-0.2, 0) is 11.3 Å². The van der Waals surface area contributed by atoms with Gasteiger partial charge in [0.2, 0.25) is 5.91 Å². The van der Waals surface area contributed by atoms with Crippen molar-refractivity contribution in [1.82, 2.24) is 14.8 Å². The Morgan fingerprint density at radius 2 is 2.17 bits per heavy atom. The van der Waals surface area contributed by atoms with E-state index in [-0.39, 0.29) is 11.3 Å². The number of nitrogens with zero attached hydrogens (tertiary/aromatic N) is 3. The highest BCUT2D eigenvalue weighted by atomic mass is 32.1. The minimum absolute atomic E-state index is 0.206. The van der Waals surface area contributed by atoms with E-state index >= 15 is 0 Å². The molecule has 4 rings (SSSR count). The number of para-hydroxylation sites is 1. The van der Waals surface area contributed by atoms with Crippen molar-refractivity contribution in [1.29, 1.82) is 0 Å². The van der Waals surface area contributed by atoms with Crippen molar-refractivity contribution in [3.8, 4) is 5.75 Å². The van der Waals surface area contributed by atoms with Crippen molar-refractivity contribution < 1.29 is 9.53 Å². The molecule has 5 nitrogen and oxygen atoms in total. The van der Waals surface area contributed by atoms with E-state index in [1.165, 1.54) is 0 Å². The molecule has 6 heteroatoms. The summed E-state index contributed by atoms with van der Waals surface area (Å²) in [6.45, 7) is 3.69. The van der Waals surface area contributed by atoms with Crippen LogP contribution in [-0.4, -0.2) is 54.5 Å². The lowest BCUT2D eigenvalue weighted by molar-refractivity contribution is -0.133. The molecule has 0 unspecified atom stereocenters. The quantitative estimate of drug-likeness (QED) is 0.693. The van der Waals surface area contributed by atoms with Crippen LogP contribution in [0, 0.1) is 11.3 Å². The fraction of sp³-hybridized carbons (Fsp3) is 0.478. The molecule has 1 atom stereocenters. The standard InChI is InChI=1S/C23H29N3O2S/c1-25(15-19-16-29-17-24-19)22(27)20-14-23(20)9-12-26(13-10-23)11-5-7-18-6-3-4-8-21(18)28-2/h3-8,16-17,20H,9-15H2,1-2H3/b7-5+/t20-/m1/s1. The average molecular weight is 412 g/mol. The summed E-state index contributed by atoms with van der Waals surface area (Å²) in [6, 6.07) is 8.08. The highest BCUT2D eigenvalue weighted by molar-refractivity contribution is 7.07. The van der Waals surface area contributed by atoms with Crippen molar-refractivity contribution in [2.45, 2.75) is 25.8 Å². The molecule has 2 aromatic rings. The second kappa shape index (κ2) is 8.67. The first kappa shape index (κ1) is 20.1. The van der Waals surface area contributed by atoms with E-state index in [9.17, 15) is 4.79 Å². The lowest BCUT2D eigenvalue weighted by atomic mass is 9.90. The van der Waals surface area contributed by atoms with E-state index in [1.54, 1.807) is 18.4 Å². The molecule has 1 saturated heterocycles. The Morgan fingerprint density at radius 3 is 2.90 bits per heavy atom. The van der Waals surface area contributed by atoms with Gasteiger partial charge >= 0.3 is 0 Å². The van der Waals surface area contributed by atoms with Crippen molar-refractivity contribution in [3.63, 3.8) is 0 Å². The first-order chi connectivity index (χ1) is 14.1. The Morgan fingerprint density at radius 1 is 1.38 bits per heavy atom. The Bertz CT molecular complexity index is 857. The Kier molecular flexibility index (Phi) is 6.01. The summed E-state index contributed by atoms with van der Waals surface area (Å²) >= 11 is 1.58. The second-order valence-corrected chi connectivity index (χ2v) is 8.96. The van der Waals surface area contributed by atoms with Gasteiger partial charge in [-0.15, -0.1) is 11.3 Å². The molecule has 1 amide bonds. The molecule has 1 aliphatic carbocycles. The minimum atomic E-state index is 0.206. The third-order valence-corrected chi connectivity index (χ3v) is 7.03. The van der Waals surface area contributed by atoms with Gasteiger partial charge in [0.25, 0.3) is 0 Å². The lowest BCUT2D eigenvalue weighted by Crippen LogP contribution is -2.37. The molecule has 0 radical (unpaired) electrons. The monoisotopic (exact) mass is 411 g/mol. The number of ether oxygens (including phenoxy) is 1. The highest BCUT2D eigenvalue weighted by Crippen LogP contribution is 2.60. The van der Waals surface area contributed by atoms with Gasteiger partial charge in [-0.25, -0.2) is 4.98 Å². The predicted molar refractivity (Wildman–Crippen MR) is 117 cm³/mol. The van der Waals surface area contributed by atoms with Crippen molar-refractivity contribution in [3.05, 3.63) is 52.5 Å². The van der Waals surface area contributed by atoms with Crippen molar-refractivity contribution >= 4 is 23.3 Å². The van der Waals surface area contributed by atoms with Crippen LogP contribution in [0.4, 0.5) is 0 Å². The van der Waals surface area contributed by atoms with Crippen LogP contribution in [0.1, 0.15) is 30.5 Å². The zero-order valence-electron chi connectivity index (χ0n) is 17.2. The van der Waals surface area contributed by atoms with Crippen LogP contribution in [0.3, 0.4) is 0 Å². The molecule has 2 aliphatic rings. The van der Waals surface area contributed by atoms with Gasteiger partial charge in [-0.05, 0) is 43.8 Å². The zero-order valence-corrected chi connectivity index (χ0v) is 18.0. The summed E-state index contributed by atoms with van der Waals surface area (Å²) < 4.78 is 5.41. The van der Waals surface area contributed by atoms with Crippen LogP contribution in [0.15, 0.2) is 41.2 Å². The predicted octanol–water partition coefficient (Wildman–Crippen LogP) is 3.93. The summed E-state index contributed by atoms with van der Waals surface area (Å²) in [5.41, 5.74) is 4.16. The topological polar surface area (TPSA) is 45.7 Å². The maximum absolute atomic E-state index is 12.8. The molecule has 0 N–H and O–H groups in total. The van der Waals surface area contributed by atoms with Crippen LogP contribution in [0.5, 0.6) is 5.75 Å². The van der Waals surface area contributed by atoms with Crippen LogP contribution in [0.25, 0.3) is 6.08 Å². The van der Waals surface area contributed by atoms with Crippen molar-refractivity contribution in [2.24, 2.45) is 11.3 Å². The summed E-state index contributed by atoms with van der Waals surface area (Å²) in [6.07, 6.45) is 7.65. The zero-order chi connectivity index (χ0) is 20.3. The second-order valence-electron chi connectivity index (χ2n) is 8.24. The number of carbonyl (C=O) groups excluding carboxylic acids is 1. The largest absolute Gasteiger partial charge is 0.496 e. The maximum Gasteiger partial charge on any atom is 0.226 e. The van der Waals surface area contributed by atoms with E-state index in [0.29, 0.717) is 12.5 Å². The first-order valence-electron chi connectivity index (χ1n) is 10.3. The Labute approximate surface area is 177 Å². The third kappa shape index (κ3) is 4.54. The van der Waals surface area contributed by atoms with E-state index in [1.807, 2.05) is 41.0 Å². The number of hydrogen-bond acceptors (Lipinski definition) is 5. The average Bonchev–Trinajstić information content (AvgIpc) is 3.18. The molecule has 29 heavy (non-hydrogen) atoms. The first-order valence-corrected chi connectivity index (χ1v) is 11.2. The normalized spacial score (nSPS) is 20.8. The van der Waals surface area contributed by atoms with E-state index in [0.717, 1.165) is 55.9 Å². The molecule has 1 saturated carbocycles. The summed E-state index contributed by atoms with van der Waals surface area (Å²) in [5, 5.41) is 2.02. The summed E-state index contributed by atoms with van der Waals surface area (Å²) in [7, 11) is 3.61. The van der Waals surface area contributed by atoms with Gasteiger partial charge < -0.3 is 9.64 Å². The molecule has 1 aromatic carbocycles. The summed E-state index contributed by atoms with van der Waals surface area (Å²) in [4.78, 5) is 21.5. The molecule has 154 valence electrons. The van der Waals surface area contributed by atoms with Crippen LogP contribution >= 0.6 is 11.3 Å². The fourth-order valence-corrected chi connectivity index (χ4v) is 5.02. The van der Waals surface area contributed by atoms with Gasteiger partial charge in [-0.1, -0.05) is 30.4 Å². The molecule has 1 spiro atoms. The minimum Gasteiger partial charge on any atom is -0.496 e. The molecule has 0 bridgehead atoms. The molecular formula is C23H29N3O2S. The molecule has 2 fully saturated rings. The number of piperidine rings is 1. The number of amides is 1. The number of benzene rings is 1. The van der Waals surface area contributed by atoms with E-state index < -0.39 is 0 Å². The number of methoxy groups -OCH3 is 1. The molecular weight excluding hydrogens is 382 g/mol. The van der Waals surface area contributed by atoms with Gasteiger partial charge in [-0.3, -0.25) is 9.69 Å². The van der Waals surface area contributed by atoms with Crippen molar-refractivity contribution in [2.75, 3.05) is 33.8 Å². The van der Waals surface area contributed by atoms with Crippen LogP contribution in [0.2, 0.25) is 0 Å². The smallest absolute Gasteiger partial charge is 0.226 e. The van der Waals surface area contributed by atoms with E-state index in [2.05, 4.69) is 28.1 Å². The number of rotatable bonds is 7. The highest BCUT2D eigenvalue weighted by Gasteiger charge is 2.58. The fourth-order valence-electron chi connectivity index (χ4n) is 4.47. The number of aromatic nitrogens is 1. The molecule has 2 heterocycles. The van der Waals surface area contributed by atoms with Gasteiger partial charge in [0.05, 0.1) is 24.9 Å².